The lowest BCUT2D eigenvalue weighted by atomic mass is 10.3. The minimum atomic E-state index is -3.78. The molecular formula is C11H13N5O2S3. The first kappa shape index (κ1) is 14.4. The Hall–Kier alpha value is -1.49. The predicted octanol–water partition coefficient (Wildman–Crippen LogP) is 1.86. The Bertz CT molecular complexity index is 850. The van der Waals surface area contributed by atoms with Gasteiger partial charge in [0.25, 0.3) is 10.0 Å². The van der Waals surface area contributed by atoms with Gasteiger partial charge in [0, 0.05) is 23.2 Å². The lowest BCUT2D eigenvalue weighted by Gasteiger charge is -2.14. The number of hydrogen-bond donors (Lipinski definition) is 2. The monoisotopic (exact) mass is 343 g/mol. The predicted molar refractivity (Wildman–Crippen MR) is 82.9 cm³/mol. The number of hydrogen-bond acceptors (Lipinski definition) is 7. The fourth-order valence-corrected chi connectivity index (χ4v) is 5.12. The first-order chi connectivity index (χ1) is 10.0. The van der Waals surface area contributed by atoms with Crippen LogP contribution in [0.4, 0.5) is 5.82 Å². The maximum atomic E-state index is 12.6. The smallest absolute Gasteiger partial charge is 0.261 e. The fraction of sp³-hybridized carbons (Fsp3) is 0.273. The largest absolute Gasteiger partial charge is 0.381 e. The first-order valence-corrected chi connectivity index (χ1v) is 9.40. The molecule has 3 aromatic heterocycles. The highest BCUT2D eigenvalue weighted by molar-refractivity contribution is 7.89. The molecule has 0 saturated heterocycles. The Morgan fingerprint density at radius 2 is 2.24 bits per heavy atom. The molecule has 10 heteroatoms. The molecule has 0 fully saturated rings. The summed E-state index contributed by atoms with van der Waals surface area (Å²) in [4.78, 5) is 8.78. The van der Waals surface area contributed by atoms with Crippen molar-refractivity contribution in [1.29, 1.82) is 0 Å². The topological polar surface area (TPSA) is 102 Å². The van der Waals surface area contributed by atoms with Gasteiger partial charge in [0.05, 0.1) is 6.04 Å². The Morgan fingerprint density at radius 1 is 1.43 bits per heavy atom. The van der Waals surface area contributed by atoms with E-state index in [4.69, 9.17) is 5.73 Å². The number of nitrogen functional groups attached to an aromatic ring is 1. The van der Waals surface area contributed by atoms with Crippen LogP contribution in [0.2, 0.25) is 0 Å². The van der Waals surface area contributed by atoms with Crippen LogP contribution < -0.4 is 10.5 Å². The van der Waals surface area contributed by atoms with E-state index in [0.29, 0.717) is 11.4 Å². The standard InChI is InChI=1S/C11H13N5O2S3/c1-2-7(9-13-3-5-19-9)15-21(17,18)10-8(12)14-11-16(10)4-6-20-11/h3-7,15H,2,12H2,1H3. The van der Waals surface area contributed by atoms with Gasteiger partial charge < -0.3 is 5.73 Å². The van der Waals surface area contributed by atoms with Crippen molar-refractivity contribution in [2.75, 3.05) is 5.73 Å². The molecule has 0 aromatic carbocycles. The van der Waals surface area contributed by atoms with Gasteiger partial charge in [-0.15, -0.1) is 22.7 Å². The summed E-state index contributed by atoms with van der Waals surface area (Å²) in [5.74, 6) is 0.00309. The van der Waals surface area contributed by atoms with Crippen LogP contribution in [0.15, 0.2) is 28.2 Å². The highest BCUT2D eigenvalue weighted by atomic mass is 32.2. The van der Waals surface area contributed by atoms with E-state index in [1.165, 1.54) is 27.1 Å². The maximum absolute atomic E-state index is 12.6. The highest BCUT2D eigenvalue weighted by Crippen LogP contribution is 2.26. The van der Waals surface area contributed by atoms with Gasteiger partial charge in [-0.25, -0.2) is 18.4 Å². The number of sulfonamides is 1. The highest BCUT2D eigenvalue weighted by Gasteiger charge is 2.28. The Labute approximate surface area is 129 Å². The third-order valence-electron chi connectivity index (χ3n) is 2.95. The normalized spacial score (nSPS) is 13.8. The Balaban J connectivity index is 2.00. The molecule has 0 saturated carbocycles. The molecule has 0 amide bonds. The van der Waals surface area contributed by atoms with E-state index in [1.54, 1.807) is 17.8 Å². The fourth-order valence-electron chi connectivity index (χ4n) is 2.01. The van der Waals surface area contributed by atoms with E-state index in [0.717, 1.165) is 5.01 Å². The molecule has 0 aliphatic heterocycles. The van der Waals surface area contributed by atoms with Crippen LogP contribution in [0.1, 0.15) is 24.4 Å². The number of nitrogens with two attached hydrogens (primary N) is 1. The lowest BCUT2D eigenvalue weighted by molar-refractivity contribution is 0.545. The quantitative estimate of drug-likeness (QED) is 0.736. The van der Waals surface area contributed by atoms with E-state index < -0.39 is 10.0 Å². The molecule has 0 aliphatic rings. The summed E-state index contributed by atoms with van der Waals surface area (Å²) < 4.78 is 29.4. The van der Waals surface area contributed by atoms with Crippen molar-refractivity contribution in [3.8, 4) is 0 Å². The Kier molecular flexibility index (Phi) is 3.69. The first-order valence-electron chi connectivity index (χ1n) is 6.15. The van der Waals surface area contributed by atoms with Gasteiger partial charge in [0.15, 0.2) is 15.8 Å². The number of thiazole rings is 2. The van der Waals surface area contributed by atoms with Crippen LogP contribution in [0.3, 0.4) is 0 Å². The van der Waals surface area contributed by atoms with E-state index in [1.807, 2.05) is 12.3 Å². The van der Waals surface area contributed by atoms with E-state index in [9.17, 15) is 8.42 Å². The van der Waals surface area contributed by atoms with Crippen molar-refractivity contribution in [1.82, 2.24) is 19.1 Å². The summed E-state index contributed by atoms with van der Waals surface area (Å²) >= 11 is 2.74. The van der Waals surface area contributed by atoms with E-state index >= 15 is 0 Å². The van der Waals surface area contributed by atoms with Crippen molar-refractivity contribution in [2.45, 2.75) is 24.4 Å². The molecular weight excluding hydrogens is 330 g/mol. The van der Waals surface area contributed by atoms with Crippen LogP contribution >= 0.6 is 22.7 Å². The number of fused-ring (bicyclic) bond motifs is 1. The molecule has 3 aromatic rings. The van der Waals surface area contributed by atoms with Crippen molar-refractivity contribution >= 4 is 43.5 Å². The molecule has 21 heavy (non-hydrogen) atoms. The molecule has 0 bridgehead atoms. The number of rotatable bonds is 5. The van der Waals surface area contributed by atoms with Gasteiger partial charge in [0.2, 0.25) is 0 Å². The van der Waals surface area contributed by atoms with Gasteiger partial charge in [-0.05, 0) is 6.42 Å². The molecule has 0 spiro atoms. The molecule has 3 rings (SSSR count). The summed E-state index contributed by atoms with van der Waals surface area (Å²) in [6, 6.07) is -0.376. The summed E-state index contributed by atoms with van der Waals surface area (Å²) in [5, 5.41) is 4.29. The summed E-state index contributed by atoms with van der Waals surface area (Å²) in [6.07, 6.45) is 3.89. The minimum Gasteiger partial charge on any atom is -0.381 e. The molecule has 7 nitrogen and oxygen atoms in total. The van der Waals surface area contributed by atoms with Crippen molar-refractivity contribution in [2.24, 2.45) is 0 Å². The van der Waals surface area contributed by atoms with Crippen LogP contribution in [-0.2, 0) is 10.0 Å². The summed E-state index contributed by atoms with van der Waals surface area (Å²) in [7, 11) is -3.78. The second kappa shape index (κ2) is 5.37. The molecule has 3 N–H and O–H groups in total. The molecule has 0 aliphatic carbocycles. The lowest BCUT2D eigenvalue weighted by Crippen LogP contribution is -2.29. The van der Waals surface area contributed by atoms with Crippen molar-refractivity contribution < 1.29 is 8.42 Å². The molecule has 3 heterocycles. The van der Waals surface area contributed by atoms with Gasteiger partial charge >= 0.3 is 0 Å². The van der Waals surface area contributed by atoms with Gasteiger partial charge in [-0.2, -0.15) is 4.72 Å². The molecule has 112 valence electrons. The van der Waals surface area contributed by atoms with Crippen LogP contribution in [0, 0.1) is 0 Å². The third-order valence-corrected chi connectivity index (χ3v) is 6.11. The third kappa shape index (κ3) is 2.55. The van der Waals surface area contributed by atoms with Gasteiger partial charge in [-0.1, -0.05) is 6.92 Å². The maximum Gasteiger partial charge on any atom is 0.261 e. The zero-order chi connectivity index (χ0) is 15.0. The van der Waals surface area contributed by atoms with Crippen molar-refractivity contribution in [3.63, 3.8) is 0 Å². The van der Waals surface area contributed by atoms with Crippen LogP contribution in [0.5, 0.6) is 0 Å². The number of nitrogens with one attached hydrogen (secondary N) is 1. The Morgan fingerprint density at radius 3 is 2.90 bits per heavy atom. The number of imidazole rings is 1. The second-order valence-corrected chi connectivity index (χ2v) is 7.74. The number of anilines is 1. The number of aromatic nitrogens is 3. The zero-order valence-electron chi connectivity index (χ0n) is 11.1. The zero-order valence-corrected chi connectivity index (χ0v) is 13.5. The van der Waals surface area contributed by atoms with Crippen LogP contribution in [-0.4, -0.2) is 22.8 Å². The SMILES string of the molecule is CCC(NS(=O)(=O)c1c(N)nc2sccn12)c1nccs1. The van der Waals surface area contributed by atoms with Crippen LogP contribution in [0.25, 0.3) is 4.96 Å². The van der Waals surface area contributed by atoms with E-state index in [2.05, 4.69) is 14.7 Å². The van der Waals surface area contributed by atoms with E-state index in [-0.39, 0.29) is 16.9 Å². The summed E-state index contributed by atoms with van der Waals surface area (Å²) in [6.45, 7) is 1.90. The van der Waals surface area contributed by atoms with Crippen molar-refractivity contribution in [3.05, 3.63) is 28.2 Å². The van der Waals surface area contributed by atoms with Gasteiger partial charge in [0.1, 0.15) is 5.01 Å². The molecule has 1 atom stereocenters. The second-order valence-electron chi connectivity index (χ2n) is 4.31. The summed E-state index contributed by atoms with van der Waals surface area (Å²) in [5.41, 5.74) is 5.76. The molecule has 0 radical (unpaired) electrons. The minimum absolute atomic E-state index is 0.00309. The van der Waals surface area contributed by atoms with Gasteiger partial charge in [-0.3, -0.25) is 4.40 Å². The molecule has 1 unspecified atom stereocenters. The number of nitrogens with zero attached hydrogens (tertiary/aromatic N) is 3. The average Bonchev–Trinajstić information content (AvgIpc) is 3.11. The average molecular weight is 343 g/mol.